The van der Waals surface area contributed by atoms with Crippen LogP contribution in [-0.4, -0.2) is 4.98 Å². The van der Waals surface area contributed by atoms with E-state index in [0.717, 1.165) is 17.0 Å². The number of hydrogen-bond donors (Lipinski definition) is 0. The van der Waals surface area contributed by atoms with Gasteiger partial charge in [-0.1, -0.05) is 42.8 Å². The Morgan fingerprint density at radius 2 is 2.06 bits per heavy atom. The number of nitrogens with zero attached hydrogens (tertiary/aromatic N) is 2. The molecule has 1 aromatic carbocycles. The summed E-state index contributed by atoms with van der Waals surface area (Å²) in [5.41, 5.74) is 3.03. The van der Waals surface area contributed by atoms with Crippen LogP contribution in [0.2, 0.25) is 4.34 Å². The Bertz CT molecular complexity index is 552. The van der Waals surface area contributed by atoms with Crippen LogP contribution >= 0.6 is 22.9 Å². The smallest absolute Gasteiger partial charge is 0.125 e. The molecule has 0 spiro atoms. The first kappa shape index (κ1) is 12.1. The van der Waals surface area contributed by atoms with Gasteiger partial charge in [0.1, 0.15) is 9.34 Å². The summed E-state index contributed by atoms with van der Waals surface area (Å²) in [6, 6.07) is 10.3. The maximum absolute atomic E-state index is 8.65. The molecular formula is C13H11ClN2S. The van der Waals surface area contributed by atoms with E-state index in [2.05, 4.69) is 30.1 Å². The van der Waals surface area contributed by atoms with Crippen molar-refractivity contribution in [1.29, 1.82) is 5.26 Å². The monoisotopic (exact) mass is 262 g/mol. The fourth-order valence-electron chi connectivity index (χ4n) is 1.52. The van der Waals surface area contributed by atoms with E-state index in [1.54, 1.807) is 0 Å². The Morgan fingerprint density at radius 1 is 1.35 bits per heavy atom. The standard InChI is InChI=1S/C13H11ClN2S/c1-2-9-3-5-10(6-4-9)13-16-11(7-8-15)12(14)17-13/h3-6H,2,7H2,1H3. The fourth-order valence-corrected chi connectivity index (χ4v) is 2.67. The maximum atomic E-state index is 8.65. The maximum Gasteiger partial charge on any atom is 0.125 e. The second kappa shape index (κ2) is 5.31. The molecule has 0 atom stereocenters. The second-order valence-corrected chi connectivity index (χ2v) is 5.23. The molecule has 0 N–H and O–H groups in total. The molecule has 0 saturated carbocycles. The van der Waals surface area contributed by atoms with Crippen LogP contribution in [0.1, 0.15) is 18.2 Å². The molecule has 1 aromatic heterocycles. The van der Waals surface area contributed by atoms with Gasteiger partial charge in [-0.3, -0.25) is 0 Å². The van der Waals surface area contributed by atoms with Crippen molar-refractivity contribution >= 4 is 22.9 Å². The second-order valence-electron chi connectivity index (χ2n) is 3.62. The van der Waals surface area contributed by atoms with Gasteiger partial charge in [-0.15, -0.1) is 11.3 Å². The first-order chi connectivity index (χ1) is 8.24. The summed E-state index contributed by atoms with van der Waals surface area (Å²) in [4.78, 5) is 4.39. The van der Waals surface area contributed by atoms with Crippen molar-refractivity contribution < 1.29 is 0 Å². The molecule has 0 aliphatic carbocycles. The van der Waals surface area contributed by atoms with Crippen LogP contribution in [-0.2, 0) is 12.8 Å². The molecule has 2 nitrogen and oxygen atoms in total. The zero-order chi connectivity index (χ0) is 12.3. The minimum Gasteiger partial charge on any atom is -0.238 e. The molecule has 2 aromatic rings. The SMILES string of the molecule is CCc1ccc(-c2nc(CC#N)c(Cl)s2)cc1. The molecule has 0 aliphatic rings. The molecule has 4 heteroatoms. The normalized spacial score (nSPS) is 10.2. The summed E-state index contributed by atoms with van der Waals surface area (Å²) in [5, 5.41) is 9.53. The lowest BCUT2D eigenvalue weighted by molar-refractivity contribution is 1.14. The van der Waals surface area contributed by atoms with Gasteiger partial charge in [0.25, 0.3) is 0 Å². The third-order valence-electron chi connectivity index (χ3n) is 2.51. The highest BCUT2D eigenvalue weighted by molar-refractivity contribution is 7.19. The number of benzene rings is 1. The van der Waals surface area contributed by atoms with E-state index >= 15 is 0 Å². The van der Waals surface area contributed by atoms with Gasteiger partial charge in [-0.2, -0.15) is 5.26 Å². The lowest BCUT2D eigenvalue weighted by Crippen LogP contribution is -1.84. The molecule has 0 aliphatic heterocycles. The van der Waals surface area contributed by atoms with Gasteiger partial charge < -0.3 is 0 Å². The molecule has 0 amide bonds. The third kappa shape index (κ3) is 2.66. The molecule has 0 unspecified atom stereocenters. The van der Waals surface area contributed by atoms with Crippen molar-refractivity contribution in [1.82, 2.24) is 4.98 Å². The molecule has 0 radical (unpaired) electrons. The Balaban J connectivity index is 2.33. The van der Waals surface area contributed by atoms with Crippen LogP contribution < -0.4 is 0 Å². The van der Waals surface area contributed by atoms with Gasteiger partial charge in [0.15, 0.2) is 0 Å². The van der Waals surface area contributed by atoms with Crippen molar-refractivity contribution in [2.24, 2.45) is 0 Å². The van der Waals surface area contributed by atoms with Crippen molar-refractivity contribution in [2.75, 3.05) is 0 Å². The van der Waals surface area contributed by atoms with E-state index in [1.807, 2.05) is 12.1 Å². The van der Waals surface area contributed by atoms with Crippen LogP contribution in [0.25, 0.3) is 10.6 Å². The number of aryl methyl sites for hydroxylation is 1. The van der Waals surface area contributed by atoms with E-state index in [9.17, 15) is 0 Å². The van der Waals surface area contributed by atoms with Crippen LogP contribution in [0.15, 0.2) is 24.3 Å². The molecule has 0 saturated heterocycles. The number of hydrogen-bond acceptors (Lipinski definition) is 3. The summed E-state index contributed by atoms with van der Waals surface area (Å²) in [6.07, 6.45) is 1.29. The summed E-state index contributed by atoms with van der Waals surface area (Å²) in [5.74, 6) is 0. The van der Waals surface area contributed by atoms with E-state index < -0.39 is 0 Å². The van der Waals surface area contributed by atoms with Crippen LogP contribution in [0.3, 0.4) is 0 Å². The highest BCUT2D eigenvalue weighted by Gasteiger charge is 2.10. The van der Waals surface area contributed by atoms with E-state index in [-0.39, 0.29) is 6.42 Å². The summed E-state index contributed by atoms with van der Waals surface area (Å²) in [6.45, 7) is 2.13. The van der Waals surface area contributed by atoms with Crippen molar-refractivity contribution in [3.05, 3.63) is 39.9 Å². The lowest BCUT2D eigenvalue weighted by Gasteiger charge is -1.98. The molecule has 2 rings (SSSR count). The number of aromatic nitrogens is 1. The van der Waals surface area contributed by atoms with Crippen LogP contribution in [0, 0.1) is 11.3 Å². The van der Waals surface area contributed by atoms with Gasteiger partial charge in [0.2, 0.25) is 0 Å². The highest BCUT2D eigenvalue weighted by Crippen LogP contribution is 2.31. The zero-order valence-corrected chi connectivity index (χ0v) is 11.0. The van der Waals surface area contributed by atoms with E-state index in [1.165, 1.54) is 16.9 Å². The first-order valence-corrected chi connectivity index (χ1v) is 6.55. The summed E-state index contributed by atoms with van der Waals surface area (Å²) < 4.78 is 0.612. The van der Waals surface area contributed by atoms with Crippen LogP contribution in [0.4, 0.5) is 0 Å². The third-order valence-corrected chi connectivity index (χ3v) is 3.89. The lowest BCUT2D eigenvalue weighted by atomic mass is 10.1. The summed E-state index contributed by atoms with van der Waals surface area (Å²) >= 11 is 7.46. The average molecular weight is 263 g/mol. The van der Waals surface area contributed by atoms with Gasteiger partial charge in [0.05, 0.1) is 18.2 Å². The van der Waals surface area contributed by atoms with Crippen molar-refractivity contribution in [2.45, 2.75) is 19.8 Å². The summed E-state index contributed by atoms with van der Waals surface area (Å²) in [7, 11) is 0. The Hall–Kier alpha value is -1.37. The minimum atomic E-state index is 0.266. The van der Waals surface area contributed by atoms with Gasteiger partial charge in [-0.05, 0) is 12.0 Å². The highest BCUT2D eigenvalue weighted by atomic mass is 35.5. The zero-order valence-electron chi connectivity index (χ0n) is 9.40. The predicted molar refractivity (Wildman–Crippen MR) is 71.3 cm³/mol. The Kier molecular flexibility index (Phi) is 3.78. The van der Waals surface area contributed by atoms with E-state index in [0.29, 0.717) is 10.0 Å². The topological polar surface area (TPSA) is 36.7 Å². The van der Waals surface area contributed by atoms with Crippen molar-refractivity contribution in [3.63, 3.8) is 0 Å². The number of nitriles is 1. The molecule has 86 valence electrons. The predicted octanol–water partition coefficient (Wildman–Crippen LogP) is 4.09. The molecule has 17 heavy (non-hydrogen) atoms. The molecule has 1 heterocycles. The Labute approximate surface area is 110 Å². The number of rotatable bonds is 3. The number of halogens is 1. The van der Waals surface area contributed by atoms with E-state index in [4.69, 9.17) is 16.9 Å². The average Bonchev–Trinajstić information content (AvgIpc) is 2.72. The van der Waals surface area contributed by atoms with Gasteiger partial charge in [0, 0.05) is 5.56 Å². The van der Waals surface area contributed by atoms with Crippen molar-refractivity contribution in [3.8, 4) is 16.6 Å². The molecule has 0 fully saturated rings. The van der Waals surface area contributed by atoms with Crippen LogP contribution in [0.5, 0.6) is 0 Å². The first-order valence-electron chi connectivity index (χ1n) is 5.36. The fraction of sp³-hybridized carbons (Fsp3) is 0.231. The number of thiazole rings is 1. The molecular weight excluding hydrogens is 252 g/mol. The Morgan fingerprint density at radius 3 is 2.65 bits per heavy atom. The van der Waals surface area contributed by atoms with Gasteiger partial charge in [-0.25, -0.2) is 4.98 Å². The minimum absolute atomic E-state index is 0.266. The largest absolute Gasteiger partial charge is 0.238 e. The van der Waals surface area contributed by atoms with Gasteiger partial charge >= 0.3 is 0 Å². The quantitative estimate of drug-likeness (QED) is 0.835. The molecule has 0 bridgehead atoms.